The molecule has 1 heterocycles. The van der Waals surface area contributed by atoms with Crippen LogP contribution in [0.15, 0.2) is 66.9 Å². The number of aromatic nitrogens is 1. The standard InChI is InChI=1S/C30H34N2O5/c1-32(15-14-20-10-13-27(35-3)29(16-20)37-5)30(33)18-24(23-12-11-21(34-2)17-28(23)36-4)25-19-31-26-9-7-6-8-22(25)26/h6-13,16-17,19,24,31H,14-15,18H2,1-5H3/t24-/m1/s1. The van der Waals surface area contributed by atoms with Gasteiger partial charge in [0.2, 0.25) is 5.91 Å². The van der Waals surface area contributed by atoms with Crippen LogP contribution >= 0.6 is 0 Å². The van der Waals surface area contributed by atoms with Gasteiger partial charge in [-0.05, 0) is 41.8 Å². The van der Waals surface area contributed by atoms with E-state index in [4.69, 9.17) is 18.9 Å². The monoisotopic (exact) mass is 502 g/mol. The predicted molar refractivity (Wildman–Crippen MR) is 145 cm³/mol. The third-order valence-corrected chi connectivity index (χ3v) is 6.80. The molecule has 4 aromatic rings. The lowest BCUT2D eigenvalue weighted by Crippen LogP contribution is -2.30. The van der Waals surface area contributed by atoms with Crippen molar-refractivity contribution >= 4 is 16.8 Å². The van der Waals surface area contributed by atoms with Gasteiger partial charge in [0.15, 0.2) is 11.5 Å². The van der Waals surface area contributed by atoms with Gasteiger partial charge < -0.3 is 28.8 Å². The molecule has 3 aromatic carbocycles. The van der Waals surface area contributed by atoms with E-state index in [1.54, 1.807) is 33.3 Å². The van der Waals surface area contributed by atoms with Crippen LogP contribution in [0.25, 0.3) is 10.9 Å². The first kappa shape index (κ1) is 25.9. The minimum atomic E-state index is -0.201. The summed E-state index contributed by atoms with van der Waals surface area (Å²) in [6.07, 6.45) is 3.00. The first-order valence-electron chi connectivity index (χ1n) is 12.2. The molecule has 1 amide bonds. The second-order valence-corrected chi connectivity index (χ2v) is 8.91. The van der Waals surface area contributed by atoms with Gasteiger partial charge in [0.05, 0.1) is 28.4 Å². The fourth-order valence-electron chi connectivity index (χ4n) is 4.66. The molecule has 37 heavy (non-hydrogen) atoms. The smallest absolute Gasteiger partial charge is 0.223 e. The van der Waals surface area contributed by atoms with Crippen molar-refractivity contribution in [1.82, 2.24) is 9.88 Å². The van der Waals surface area contributed by atoms with Gasteiger partial charge in [0.25, 0.3) is 0 Å². The van der Waals surface area contributed by atoms with E-state index in [0.717, 1.165) is 27.6 Å². The lowest BCUT2D eigenvalue weighted by molar-refractivity contribution is -0.130. The summed E-state index contributed by atoms with van der Waals surface area (Å²) in [6, 6.07) is 19.7. The number of rotatable bonds is 11. The van der Waals surface area contributed by atoms with Crippen molar-refractivity contribution in [3.63, 3.8) is 0 Å². The Hall–Kier alpha value is -4.13. The van der Waals surface area contributed by atoms with Gasteiger partial charge in [0, 0.05) is 54.7 Å². The Bertz CT molecular complexity index is 1360. The molecular weight excluding hydrogens is 468 g/mol. The molecule has 0 bridgehead atoms. The molecular formula is C30H34N2O5. The molecule has 0 spiro atoms. The fraction of sp³-hybridized carbons (Fsp3) is 0.300. The molecule has 7 heteroatoms. The van der Waals surface area contributed by atoms with Gasteiger partial charge in [-0.25, -0.2) is 0 Å². The molecule has 194 valence electrons. The van der Waals surface area contributed by atoms with E-state index in [0.29, 0.717) is 42.4 Å². The number of ether oxygens (including phenoxy) is 4. The summed E-state index contributed by atoms with van der Waals surface area (Å²) in [5.74, 6) is 2.61. The zero-order chi connectivity index (χ0) is 26.4. The van der Waals surface area contributed by atoms with Crippen LogP contribution in [0.1, 0.15) is 29.0 Å². The van der Waals surface area contributed by atoms with Gasteiger partial charge in [-0.1, -0.05) is 30.3 Å². The highest BCUT2D eigenvalue weighted by Crippen LogP contribution is 2.39. The quantitative estimate of drug-likeness (QED) is 0.296. The minimum absolute atomic E-state index is 0.0497. The van der Waals surface area contributed by atoms with Crippen LogP contribution in [-0.2, 0) is 11.2 Å². The van der Waals surface area contributed by atoms with Crippen LogP contribution in [0, 0.1) is 0 Å². The summed E-state index contributed by atoms with van der Waals surface area (Å²) in [5, 5.41) is 1.09. The number of amides is 1. The molecule has 1 aromatic heterocycles. The summed E-state index contributed by atoms with van der Waals surface area (Å²) < 4.78 is 21.9. The highest BCUT2D eigenvalue weighted by molar-refractivity contribution is 5.86. The number of nitrogens with one attached hydrogen (secondary N) is 1. The largest absolute Gasteiger partial charge is 0.497 e. The zero-order valence-electron chi connectivity index (χ0n) is 22.0. The van der Waals surface area contributed by atoms with E-state index in [-0.39, 0.29) is 11.8 Å². The van der Waals surface area contributed by atoms with Crippen molar-refractivity contribution in [3.8, 4) is 23.0 Å². The normalized spacial score (nSPS) is 11.7. The van der Waals surface area contributed by atoms with Gasteiger partial charge in [-0.15, -0.1) is 0 Å². The van der Waals surface area contributed by atoms with E-state index >= 15 is 0 Å². The molecule has 0 unspecified atom stereocenters. The minimum Gasteiger partial charge on any atom is -0.497 e. The number of hydrogen-bond acceptors (Lipinski definition) is 5. The van der Waals surface area contributed by atoms with Crippen LogP contribution < -0.4 is 18.9 Å². The highest BCUT2D eigenvalue weighted by Gasteiger charge is 2.26. The summed E-state index contributed by atoms with van der Waals surface area (Å²) in [7, 11) is 8.35. The van der Waals surface area contributed by atoms with E-state index in [1.165, 1.54) is 0 Å². The third kappa shape index (κ3) is 5.66. The first-order chi connectivity index (χ1) is 18.0. The van der Waals surface area contributed by atoms with Crippen molar-refractivity contribution in [2.75, 3.05) is 42.0 Å². The highest BCUT2D eigenvalue weighted by atomic mass is 16.5. The number of methoxy groups -OCH3 is 4. The Kier molecular flexibility index (Phi) is 8.23. The Morgan fingerprint density at radius 3 is 2.32 bits per heavy atom. The van der Waals surface area contributed by atoms with E-state index in [9.17, 15) is 4.79 Å². The molecule has 0 aliphatic rings. The van der Waals surface area contributed by atoms with Gasteiger partial charge in [-0.3, -0.25) is 4.79 Å². The molecule has 7 nitrogen and oxygen atoms in total. The van der Waals surface area contributed by atoms with Crippen molar-refractivity contribution in [2.24, 2.45) is 0 Å². The summed E-state index contributed by atoms with van der Waals surface area (Å²) in [4.78, 5) is 18.7. The lowest BCUT2D eigenvalue weighted by atomic mass is 9.87. The van der Waals surface area contributed by atoms with Crippen molar-refractivity contribution in [2.45, 2.75) is 18.8 Å². The summed E-state index contributed by atoms with van der Waals surface area (Å²) >= 11 is 0. The van der Waals surface area contributed by atoms with Crippen molar-refractivity contribution in [3.05, 3.63) is 83.6 Å². The molecule has 0 saturated carbocycles. The molecule has 0 fully saturated rings. The molecule has 0 saturated heterocycles. The second kappa shape index (κ2) is 11.7. The molecule has 1 N–H and O–H groups in total. The predicted octanol–water partition coefficient (Wildman–Crippen LogP) is 5.43. The van der Waals surface area contributed by atoms with Crippen molar-refractivity contribution < 1.29 is 23.7 Å². The Morgan fingerprint density at radius 2 is 1.59 bits per heavy atom. The fourth-order valence-corrected chi connectivity index (χ4v) is 4.66. The second-order valence-electron chi connectivity index (χ2n) is 8.91. The van der Waals surface area contributed by atoms with Crippen LogP contribution in [0.5, 0.6) is 23.0 Å². The zero-order valence-corrected chi connectivity index (χ0v) is 22.0. The number of carbonyl (C=O) groups is 1. The average molecular weight is 503 g/mol. The van der Waals surface area contributed by atoms with Crippen LogP contribution in [0.4, 0.5) is 0 Å². The van der Waals surface area contributed by atoms with Crippen LogP contribution in [0.3, 0.4) is 0 Å². The van der Waals surface area contributed by atoms with Crippen molar-refractivity contribution in [1.29, 1.82) is 0 Å². The molecule has 0 radical (unpaired) electrons. The van der Waals surface area contributed by atoms with E-state index in [1.807, 2.05) is 67.8 Å². The summed E-state index contributed by atoms with van der Waals surface area (Å²) in [5.41, 5.74) is 4.10. The van der Waals surface area contributed by atoms with Crippen LogP contribution in [0.2, 0.25) is 0 Å². The number of aromatic amines is 1. The summed E-state index contributed by atoms with van der Waals surface area (Å²) in [6.45, 7) is 0.578. The molecule has 1 atom stereocenters. The first-order valence-corrected chi connectivity index (χ1v) is 12.2. The number of benzene rings is 3. The van der Waals surface area contributed by atoms with Crippen LogP contribution in [-0.4, -0.2) is 57.8 Å². The Balaban J connectivity index is 1.59. The average Bonchev–Trinajstić information content (AvgIpc) is 3.37. The maximum Gasteiger partial charge on any atom is 0.223 e. The number of nitrogens with zero attached hydrogens (tertiary/aromatic N) is 1. The maximum absolute atomic E-state index is 13.5. The van der Waals surface area contributed by atoms with Gasteiger partial charge in [0.1, 0.15) is 11.5 Å². The van der Waals surface area contributed by atoms with Gasteiger partial charge in [-0.2, -0.15) is 0 Å². The topological polar surface area (TPSA) is 73.0 Å². The SMILES string of the molecule is COc1ccc([C@@H](CC(=O)N(C)CCc2ccc(OC)c(OC)c2)c2c[nH]c3ccccc23)c(OC)c1. The number of fused-ring (bicyclic) bond motifs is 1. The Labute approximate surface area is 217 Å². The number of para-hydroxylation sites is 1. The van der Waals surface area contributed by atoms with Gasteiger partial charge >= 0.3 is 0 Å². The maximum atomic E-state index is 13.5. The molecule has 0 aliphatic heterocycles. The number of hydrogen-bond donors (Lipinski definition) is 1. The lowest BCUT2D eigenvalue weighted by Gasteiger charge is -2.24. The number of likely N-dealkylation sites (N-methyl/N-ethyl adjacent to an activating group) is 1. The molecule has 0 aliphatic carbocycles. The van der Waals surface area contributed by atoms with E-state index < -0.39 is 0 Å². The third-order valence-electron chi connectivity index (χ3n) is 6.80. The number of H-pyrrole nitrogens is 1. The van der Waals surface area contributed by atoms with E-state index in [2.05, 4.69) is 11.1 Å². The number of carbonyl (C=O) groups excluding carboxylic acids is 1. The molecule has 4 rings (SSSR count). The Morgan fingerprint density at radius 1 is 0.838 bits per heavy atom.